The Hall–Kier alpha value is -2.93. The van der Waals surface area contributed by atoms with E-state index in [1.807, 2.05) is 23.1 Å². The first-order chi connectivity index (χ1) is 14.1. The van der Waals surface area contributed by atoms with Crippen LogP contribution < -0.4 is 4.90 Å². The van der Waals surface area contributed by atoms with Crippen molar-refractivity contribution < 1.29 is 9.72 Å². The molecule has 0 bridgehead atoms. The van der Waals surface area contributed by atoms with Crippen molar-refractivity contribution in [1.29, 1.82) is 0 Å². The maximum Gasteiger partial charge on any atom is 0.270 e. The highest BCUT2D eigenvalue weighted by Gasteiger charge is 2.28. The van der Waals surface area contributed by atoms with Gasteiger partial charge in [-0.1, -0.05) is 30.3 Å². The number of non-ortho nitro benzene ring substituents is 1. The standard InChI is InChI=1S/C22H26N4O3/c27-22(25-14-12-23(13-15-25)17-18-6-2-1-3-7-18)20-16-19(26(28)29)8-9-21(20)24-10-4-5-11-24/h1-3,6-9,16H,4-5,10-15,17H2. The van der Waals surface area contributed by atoms with Crippen LogP contribution in [0.25, 0.3) is 0 Å². The molecule has 7 nitrogen and oxygen atoms in total. The number of amides is 1. The highest BCUT2D eigenvalue weighted by atomic mass is 16.6. The predicted octanol–water partition coefficient (Wildman–Crippen LogP) is 3.15. The van der Waals surface area contributed by atoms with Crippen molar-refractivity contribution in [3.05, 3.63) is 69.8 Å². The summed E-state index contributed by atoms with van der Waals surface area (Å²) in [5.74, 6) is -0.102. The maximum atomic E-state index is 13.3. The number of hydrogen-bond donors (Lipinski definition) is 0. The summed E-state index contributed by atoms with van der Waals surface area (Å²) >= 11 is 0. The van der Waals surface area contributed by atoms with Crippen LogP contribution in [0, 0.1) is 10.1 Å². The van der Waals surface area contributed by atoms with Crippen molar-refractivity contribution in [3.8, 4) is 0 Å². The second-order valence-electron chi connectivity index (χ2n) is 7.71. The zero-order valence-electron chi connectivity index (χ0n) is 16.5. The lowest BCUT2D eigenvalue weighted by molar-refractivity contribution is -0.384. The summed E-state index contributed by atoms with van der Waals surface area (Å²) in [7, 11) is 0. The zero-order chi connectivity index (χ0) is 20.2. The van der Waals surface area contributed by atoms with Gasteiger partial charge in [-0.15, -0.1) is 0 Å². The van der Waals surface area contributed by atoms with Crippen LogP contribution in [0.1, 0.15) is 28.8 Å². The number of nitrogens with zero attached hydrogens (tertiary/aromatic N) is 4. The molecule has 29 heavy (non-hydrogen) atoms. The van der Waals surface area contributed by atoms with E-state index in [2.05, 4.69) is 21.9 Å². The van der Waals surface area contributed by atoms with Gasteiger partial charge in [0.2, 0.25) is 0 Å². The van der Waals surface area contributed by atoms with Crippen LogP contribution in [0.15, 0.2) is 48.5 Å². The van der Waals surface area contributed by atoms with Crippen LogP contribution >= 0.6 is 0 Å². The molecule has 0 unspecified atom stereocenters. The predicted molar refractivity (Wildman–Crippen MR) is 112 cm³/mol. The van der Waals surface area contributed by atoms with E-state index in [1.165, 1.54) is 17.7 Å². The minimum absolute atomic E-state index is 0.0287. The lowest BCUT2D eigenvalue weighted by atomic mass is 10.1. The molecular formula is C22H26N4O3. The van der Waals surface area contributed by atoms with Gasteiger partial charge in [-0.05, 0) is 24.5 Å². The summed E-state index contributed by atoms with van der Waals surface area (Å²) in [6.45, 7) is 5.52. The third kappa shape index (κ3) is 4.40. The Labute approximate surface area is 170 Å². The molecule has 2 fully saturated rings. The highest BCUT2D eigenvalue weighted by Crippen LogP contribution is 2.29. The van der Waals surface area contributed by atoms with Gasteiger partial charge in [-0.25, -0.2) is 0 Å². The number of nitro groups is 1. The Morgan fingerprint density at radius 1 is 0.931 bits per heavy atom. The van der Waals surface area contributed by atoms with Crippen LogP contribution in [0.4, 0.5) is 11.4 Å². The third-order valence-electron chi connectivity index (χ3n) is 5.78. The normalized spacial score (nSPS) is 17.5. The van der Waals surface area contributed by atoms with Gasteiger partial charge in [0.15, 0.2) is 0 Å². The Morgan fingerprint density at radius 2 is 1.62 bits per heavy atom. The minimum atomic E-state index is -0.428. The molecule has 0 spiro atoms. The van der Waals surface area contributed by atoms with E-state index >= 15 is 0 Å². The van der Waals surface area contributed by atoms with Gasteiger partial charge in [0.25, 0.3) is 11.6 Å². The number of rotatable bonds is 5. The van der Waals surface area contributed by atoms with Crippen LogP contribution in [-0.2, 0) is 6.54 Å². The number of anilines is 1. The number of nitro benzene ring substituents is 1. The third-order valence-corrected chi connectivity index (χ3v) is 5.78. The van der Waals surface area contributed by atoms with Gasteiger partial charge >= 0.3 is 0 Å². The van der Waals surface area contributed by atoms with E-state index in [0.717, 1.165) is 51.3 Å². The molecule has 0 N–H and O–H groups in total. The summed E-state index contributed by atoms with van der Waals surface area (Å²) in [5.41, 5.74) is 2.52. The molecule has 0 radical (unpaired) electrons. The largest absolute Gasteiger partial charge is 0.371 e. The van der Waals surface area contributed by atoms with E-state index in [-0.39, 0.29) is 11.6 Å². The topological polar surface area (TPSA) is 69.9 Å². The van der Waals surface area contributed by atoms with E-state index in [4.69, 9.17) is 0 Å². The lowest BCUT2D eigenvalue weighted by Gasteiger charge is -2.35. The van der Waals surface area contributed by atoms with Crippen molar-refractivity contribution in [2.45, 2.75) is 19.4 Å². The first kappa shape index (κ1) is 19.4. The van der Waals surface area contributed by atoms with E-state index in [0.29, 0.717) is 18.7 Å². The molecule has 2 aromatic carbocycles. The first-order valence-corrected chi connectivity index (χ1v) is 10.2. The monoisotopic (exact) mass is 394 g/mol. The Morgan fingerprint density at radius 3 is 2.28 bits per heavy atom. The van der Waals surface area contributed by atoms with Crippen molar-refractivity contribution in [2.24, 2.45) is 0 Å². The molecule has 0 aromatic heterocycles. The van der Waals surface area contributed by atoms with Crippen LogP contribution in [-0.4, -0.2) is 59.9 Å². The molecule has 2 aliphatic rings. The molecule has 2 aromatic rings. The summed E-state index contributed by atoms with van der Waals surface area (Å²) in [6.07, 6.45) is 2.17. The van der Waals surface area contributed by atoms with Gasteiger partial charge in [0, 0.05) is 57.9 Å². The maximum absolute atomic E-state index is 13.3. The second kappa shape index (κ2) is 8.61. The fraction of sp³-hybridized carbons (Fsp3) is 0.409. The van der Waals surface area contributed by atoms with Gasteiger partial charge < -0.3 is 9.80 Å². The molecule has 2 aliphatic heterocycles. The molecule has 1 amide bonds. The average molecular weight is 394 g/mol. The Bertz CT molecular complexity index is 873. The average Bonchev–Trinajstić information content (AvgIpc) is 3.29. The fourth-order valence-electron chi connectivity index (χ4n) is 4.16. The highest BCUT2D eigenvalue weighted by molar-refractivity contribution is 6.00. The van der Waals surface area contributed by atoms with Crippen LogP contribution in [0.2, 0.25) is 0 Å². The number of benzene rings is 2. The van der Waals surface area contributed by atoms with Crippen molar-refractivity contribution in [1.82, 2.24) is 9.80 Å². The van der Waals surface area contributed by atoms with Gasteiger partial charge in [0.1, 0.15) is 0 Å². The minimum Gasteiger partial charge on any atom is -0.371 e. The number of carbonyl (C=O) groups excluding carboxylic acids is 1. The van der Waals surface area contributed by atoms with Crippen LogP contribution in [0.3, 0.4) is 0 Å². The van der Waals surface area contributed by atoms with E-state index in [1.54, 1.807) is 6.07 Å². The van der Waals surface area contributed by atoms with Gasteiger partial charge in [0.05, 0.1) is 16.2 Å². The van der Waals surface area contributed by atoms with Crippen molar-refractivity contribution in [2.75, 3.05) is 44.2 Å². The van der Waals surface area contributed by atoms with Gasteiger partial charge in [-0.2, -0.15) is 0 Å². The second-order valence-corrected chi connectivity index (χ2v) is 7.71. The summed E-state index contributed by atoms with van der Waals surface area (Å²) in [6, 6.07) is 15.0. The molecule has 4 rings (SSSR count). The quantitative estimate of drug-likeness (QED) is 0.576. The van der Waals surface area contributed by atoms with Crippen molar-refractivity contribution >= 4 is 17.3 Å². The molecule has 0 aliphatic carbocycles. The molecule has 7 heteroatoms. The number of carbonyl (C=O) groups is 1. The zero-order valence-corrected chi connectivity index (χ0v) is 16.5. The smallest absolute Gasteiger partial charge is 0.270 e. The molecule has 2 heterocycles. The van der Waals surface area contributed by atoms with E-state index in [9.17, 15) is 14.9 Å². The summed E-state index contributed by atoms with van der Waals surface area (Å²) in [5, 5.41) is 11.3. The van der Waals surface area contributed by atoms with Gasteiger partial charge in [-0.3, -0.25) is 19.8 Å². The molecular weight excluding hydrogens is 368 g/mol. The van der Waals surface area contributed by atoms with Crippen LogP contribution in [0.5, 0.6) is 0 Å². The molecule has 0 atom stereocenters. The van der Waals surface area contributed by atoms with E-state index < -0.39 is 4.92 Å². The summed E-state index contributed by atoms with van der Waals surface area (Å²) < 4.78 is 0. The molecule has 2 saturated heterocycles. The Balaban J connectivity index is 1.47. The number of hydrogen-bond acceptors (Lipinski definition) is 5. The molecule has 0 saturated carbocycles. The molecule has 152 valence electrons. The first-order valence-electron chi connectivity index (χ1n) is 10.2. The number of piperazine rings is 1. The summed E-state index contributed by atoms with van der Waals surface area (Å²) in [4.78, 5) is 30.5. The van der Waals surface area contributed by atoms with Crippen molar-refractivity contribution in [3.63, 3.8) is 0 Å². The SMILES string of the molecule is O=C(c1cc([N+](=O)[O-])ccc1N1CCCC1)N1CCN(Cc2ccccc2)CC1. The Kier molecular flexibility index (Phi) is 5.76. The lowest BCUT2D eigenvalue weighted by Crippen LogP contribution is -2.48. The fourth-order valence-corrected chi connectivity index (χ4v) is 4.16.